The molecule has 0 aliphatic carbocycles. The third kappa shape index (κ3) is 6.53. The van der Waals surface area contributed by atoms with Gasteiger partial charge < -0.3 is 5.73 Å². The first-order valence-electron chi connectivity index (χ1n) is 8.67. The zero-order valence-corrected chi connectivity index (χ0v) is 16.2. The number of nitriles is 1. The predicted octanol–water partition coefficient (Wildman–Crippen LogP) is 5.69. The molecule has 0 heterocycles. The van der Waals surface area contributed by atoms with Crippen LogP contribution in [0.15, 0.2) is 12.2 Å². The molecule has 2 N–H and O–H groups in total. The highest BCUT2D eigenvalue weighted by Gasteiger charge is 2.40. The zero-order valence-electron chi connectivity index (χ0n) is 16.2. The van der Waals surface area contributed by atoms with E-state index >= 15 is 0 Å². The summed E-state index contributed by atoms with van der Waals surface area (Å²) in [5, 5.41) is 9.52. The zero-order chi connectivity index (χ0) is 17.6. The van der Waals surface area contributed by atoms with Crippen LogP contribution in [-0.2, 0) is 0 Å². The van der Waals surface area contributed by atoms with Crippen molar-refractivity contribution in [1.82, 2.24) is 0 Å². The van der Waals surface area contributed by atoms with E-state index in [4.69, 9.17) is 5.73 Å². The second-order valence-corrected chi connectivity index (χ2v) is 9.10. The Morgan fingerprint density at radius 2 is 1.55 bits per heavy atom. The van der Waals surface area contributed by atoms with Gasteiger partial charge in [0.1, 0.15) is 0 Å². The second kappa shape index (κ2) is 8.16. The minimum Gasteiger partial charge on any atom is -0.327 e. The third-order valence-corrected chi connectivity index (χ3v) is 5.51. The van der Waals surface area contributed by atoms with Crippen molar-refractivity contribution < 1.29 is 0 Å². The molecule has 0 aromatic carbocycles. The molecule has 0 aromatic heterocycles. The van der Waals surface area contributed by atoms with Crippen molar-refractivity contribution in [3.8, 4) is 6.07 Å². The summed E-state index contributed by atoms with van der Waals surface area (Å²) in [6.07, 6.45) is 8.43. The maximum Gasteiger partial charge on any atom is 0.0661 e. The lowest BCUT2D eigenvalue weighted by atomic mass is 9.60. The van der Waals surface area contributed by atoms with Crippen LogP contribution in [-0.4, -0.2) is 6.04 Å². The summed E-state index contributed by atoms with van der Waals surface area (Å²) in [6.45, 7) is 17.8. The summed E-state index contributed by atoms with van der Waals surface area (Å²) >= 11 is 0. The summed E-state index contributed by atoms with van der Waals surface area (Å²) in [7, 11) is 0. The van der Waals surface area contributed by atoms with Crippen LogP contribution in [0.4, 0.5) is 0 Å². The van der Waals surface area contributed by atoms with Gasteiger partial charge in [-0.1, -0.05) is 67.5 Å². The highest BCUT2D eigenvalue weighted by Crippen LogP contribution is 2.48. The first kappa shape index (κ1) is 21.2. The van der Waals surface area contributed by atoms with Gasteiger partial charge in [-0.2, -0.15) is 5.26 Å². The van der Waals surface area contributed by atoms with Crippen molar-refractivity contribution in [2.45, 2.75) is 87.1 Å². The fraction of sp³-hybridized carbons (Fsp3) is 0.850. The quantitative estimate of drug-likeness (QED) is 0.586. The van der Waals surface area contributed by atoms with Gasteiger partial charge in [-0.3, -0.25) is 0 Å². The van der Waals surface area contributed by atoms with E-state index in [9.17, 15) is 5.26 Å². The molecule has 0 radical (unpaired) electrons. The smallest absolute Gasteiger partial charge is 0.0661 e. The molecule has 0 amide bonds. The van der Waals surface area contributed by atoms with E-state index in [1.165, 1.54) is 0 Å². The molecule has 2 unspecified atom stereocenters. The first-order chi connectivity index (χ1) is 9.87. The predicted molar refractivity (Wildman–Crippen MR) is 97.4 cm³/mol. The van der Waals surface area contributed by atoms with Crippen LogP contribution in [0.3, 0.4) is 0 Å². The fourth-order valence-electron chi connectivity index (χ4n) is 2.42. The van der Waals surface area contributed by atoms with Gasteiger partial charge in [-0.05, 0) is 41.9 Å². The summed E-state index contributed by atoms with van der Waals surface area (Å²) in [6, 6.07) is 2.80. The first-order valence-corrected chi connectivity index (χ1v) is 8.67. The normalized spacial score (nSPS) is 16.5. The van der Waals surface area contributed by atoms with E-state index < -0.39 is 0 Å². The summed E-state index contributed by atoms with van der Waals surface area (Å²) in [5.41, 5.74) is 6.25. The monoisotopic (exact) mass is 306 g/mol. The lowest BCUT2D eigenvalue weighted by Gasteiger charge is -2.44. The molecule has 0 aliphatic rings. The third-order valence-electron chi connectivity index (χ3n) is 5.51. The topological polar surface area (TPSA) is 49.8 Å². The molecular formula is C20H38N2. The van der Waals surface area contributed by atoms with E-state index in [-0.39, 0.29) is 28.2 Å². The Labute approximate surface area is 139 Å². The van der Waals surface area contributed by atoms with Crippen molar-refractivity contribution in [1.29, 1.82) is 5.26 Å². The number of rotatable bonds is 8. The van der Waals surface area contributed by atoms with Gasteiger partial charge in [0.05, 0.1) is 12.0 Å². The molecule has 128 valence electrons. The molecule has 0 aromatic rings. The van der Waals surface area contributed by atoms with Gasteiger partial charge >= 0.3 is 0 Å². The lowest BCUT2D eigenvalue weighted by molar-refractivity contribution is 0.0667. The number of allylic oxidation sites excluding steroid dienone is 1. The van der Waals surface area contributed by atoms with E-state index in [2.05, 4.69) is 73.6 Å². The van der Waals surface area contributed by atoms with Crippen molar-refractivity contribution in [2.24, 2.45) is 27.9 Å². The molecule has 0 rings (SSSR count). The largest absolute Gasteiger partial charge is 0.327 e. The molecule has 22 heavy (non-hydrogen) atoms. The highest BCUT2D eigenvalue weighted by molar-refractivity contribution is 5.00. The van der Waals surface area contributed by atoms with Gasteiger partial charge in [-0.25, -0.2) is 0 Å². The van der Waals surface area contributed by atoms with Crippen molar-refractivity contribution in [3.63, 3.8) is 0 Å². The fourth-order valence-corrected chi connectivity index (χ4v) is 2.42. The van der Waals surface area contributed by atoms with E-state index in [0.717, 1.165) is 25.7 Å². The van der Waals surface area contributed by atoms with Crippen LogP contribution in [0.1, 0.15) is 81.1 Å². The van der Waals surface area contributed by atoms with Gasteiger partial charge in [-0.15, -0.1) is 0 Å². The van der Waals surface area contributed by atoms with E-state index in [0.29, 0.717) is 0 Å². The molecule has 2 nitrogen and oxygen atoms in total. The van der Waals surface area contributed by atoms with Gasteiger partial charge in [0.2, 0.25) is 0 Å². The molecule has 0 saturated heterocycles. The number of nitrogens with zero attached hydrogens (tertiary/aromatic N) is 1. The van der Waals surface area contributed by atoms with Crippen LogP contribution in [0.25, 0.3) is 0 Å². The van der Waals surface area contributed by atoms with Crippen LogP contribution in [0, 0.1) is 33.5 Å². The van der Waals surface area contributed by atoms with Crippen LogP contribution in [0.2, 0.25) is 0 Å². The minimum absolute atomic E-state index is 0.0336. The Kier molecular flexibility index (Phi) is 7.86. The Balaban J connectivity index is 4.83. The molecule has 0 fully saturated rings. The molecule has 0 aliphatic heterocycles. The minimum atomic E-state index is 0.0336. The number of nitrogens with two attached hydrogens (primary N) is 1. The Bertz CT molecular complexity index is 391. The second-order valence-electron chi connectivity index (χ2n) is 9.10. The molecule has 0 saturated carbocycles. The highest BCUT2D eigenvalue weighted by atomic mass is 14.6. The Morgan fingerprint density at radius 3 is 1.95 bits per heavy atom. The number of hydrogen-bond donors (Lipinski definition) is 1. The summed E-state index contributed by atoms with van der Waals surface area (Å²) in [5.74, 6) is 0.0827. The lowest BCUT2D eigenvalue weighted by Crippen LogP contribution is -2.36. The molecular weight excluding hydrogens is 268 g/mol. The van der Waals surface area contributed by atoms with Crippen LogP contribution < -0.4 is 5.73 Å². The van der Waals surface area contributed by atoms with Crippen LogP contribution in [0.5, 0.6) is 0 Å². The van der Waals surface area contributed by atoms with E-state index in [1.54, 1.807) is 0 Å². The van der Waals surface area contributed by atoms with Gasteiger partial charge in [0, 0.05) is 6.04 Å². The van der Waals surface area contributed by atoms with Crippen molar-refractivity contribution >= 4 is 0 Å². The van der Waals surface area contributed by atoms with Gasteiger partial charge in [0.15, 0.2) is 0 Å². The maximum absolute atomic E-state index is 9.52. The van der Waals surface area contributed by atoms with Crippen molar-refractivity contribution in [3.05, 3.63) is 12.2 Å². The number of hydrogen-bond acceptors (Lipinski definition) is 2. The molecule has 0 spiro atoms. The maximum atomic E-state index is 9.52. The van der Waals surface area contributed by atoms with E-state index in [1.807, 2.05) is 0 Å². The standard InChI is InChI=1S/C20H38N2/c1-9-17(22)12-10-11-13-19(5,6)20(7,8)14-16(15-21)18(2,3)4/h10-11,16-17H,9,12-14,22H2,1-8H3/b11-10+. The molecule has 2 heteroatoms. The SMILES string of the molecule is CCC(N)C/C=C/CC(C)(C)C(C)(C)CC(C#N)C(C)(C)C. The van der Waals surface area contributed by atoms with Gasteiger partial charge in [0.25, 0.3) is 0 Å². The average Bonchev–Trinajstić information content (AvgIpc) is 2.39. The Morgan fingerprint density at radius 1 is 1.00 bits per heavy atom. The Hall–Kier alpha value is -0.810. The molecule has 2 atom stereocenters. The average molecular weight is 307 g/mol. The van der Waals surface area contributed by atoms with Crippen LogP contribution >= 0.6 is 0 Å². The van der Waals surface area contributed by atoms with Crippen molar-refractivity contribution in [2.75, 3.05) is 0 Å². The summed E-state index contributed by atoms with van der Waals surface area (Å²) < 4.78 is 0. The summed E-state index contributed by atoms with van der Waals surface area (Å²) in [4.78, 5) is 0. The molecule has 0 bridgehead atoms.